The first-order valence-electron chi connectivity index (χ1n) is 8.17. The molecule has 2 aromatic carbocycles. The second kappa shape index (κ2) is 7.05. The highest BCUT2D eigenvalue weighted by Crippen LogP contribution is 2.29. The number of hydrogen-bond acceptors (Lipinski definition) is 7. The molecule has 0 fully saturated rings. The van der Waals surface area contributed by atoms with Crippen molar-refractivity contribution in [3.8, 4) is 11.1 Å². The number of hydrogen-bond donors (Lipinski definition) is 0. The van der Waals surface area contributed by atoms with Gasteiger partial charge in [0, 0.05) is 0 Å². The second-order valence-corrected chi connectivity index (χ2v) is 6.67. The summed E-state index contributed by atoms with van der Waals surface area (Å²) in [7, 11) is 0. The number of ether oxygens (including phenoxy) is 1. The second-order valence-electron chi connectivity index (χ2n) is 5.55. The van der Waals surface area contributed by atoms with Crippen LogP contribution in [0.1, 0.15) is 28.5 Å². The summed E-state index contributed by atoms with van der Waals surface area (Å²) in [6, 6.07) is 16.4. The molecule has 2 aromatic heterocycles. The zero-order valence-corrected chi connectivity index (χ0v) is 14.8. The molecule has 0 N–H and O–H groups in total. The number of rotatable bonds is 5. The van der Waals surface area contributed by atoms with Crippen molar-refractivity contribution >= 4 is 27.5 Å². The van der Waals surface area contributed by atoms with Gasteiger partial charge in [-0.1, -0.05) is 36.4 Å². The predicted molar refractivity (Wildman–Crippen MR) is 98.1 cm³/mol. The highest BCUT2D eigenvalue weighted by Gasteiger charge is 2.17. The van der Waals surface area contributed by atoms with Gasteiger partial charge in [0.25, 0.3) is 0 Å². The average Bonchev–Trinajstić information content (AvgIpc) is 3.28. The summed E-state index contributed by atoms with van der Waals surface area (Å²) in [4.78, 5) is 16.2. The van der Waals surface area contributed by atoms with Gasteiger partial charge in [0.1, 0.15) is 5.01 Å². The third-order valence-electron chi connectivity index (χ3n) is 3.76. The van der Waals surface area contributed by atoms with E-state index in [1.807, 2.05) is 24.3 Å². The lowest BCUT2D eigenvalue weighted by Crippen LogP contribution is -2.04. The molecule has 130 valence electrons. The summed E-state index contributed by atoms with van der Waals surface area (Å²) in [6.45, 7) is 1.98. The van der Waals surface area contributed by atoms with Gasteiger partial charge in [0.05, 0.1) is 23.2 Å². The Hall–Kier alpha value is -3.06. The lowest BCUT2D eigenvalue weighted by Gasteiger charge is -2.00. The van der Waals surface area contributed by atoms with E-state index < -0.39 is 5.97 Å². The van der Waals surface area contributed by atoms with Crippen molar-refractivity contribution in [1.29, 1.82) is 0 Å². The lowest BCUT2D eigenvalue weighted by atomic mass is 10.1. The van der Waals surface area contributed by atoms with Gasteiger partial charge in [-0.2, -0.15) is 0 Å². The van der Waals surface area contributed by atoms with E-state index >= 15 is 0 Å². The van der Waals surface area contributed by atoms with E-state index in [4.69, 9.17) is 9.15 Å². The maximum atomic E-state index is 11.6. The number of fused-ring (bicyclic) bond motifs is 1. The molecule has 0 bridgehead atoms. The highest BCUT2D eigenvalue weighted by atomic mass is 32.1. The molecule has 2 heterocycles. The molecule has 0 saturated carbocycles. The molecule has 0 spiro atoms. The molecule has 4 aromatic rings. The van der Waals surface area contributed by atoms with Crippen LogP contribution in [-0.4, -0.2) is 27.8 Å². The fourth-order valence-electron chi connectivity index (χ4n) is 2.59. The first-order valence-corrected chi connectivity index (χ1v) is 8.99. The average molecular weight is 365 g/mol. The van der Waals surface area contributed by atoms with Crippen molar-refractivity contribution in [3.63, 3.8) is 0 Å². The monoisotopic (exact) mass is 365 g/mol. The van der Waals surface area contributed by atoms with Crippen LogP contribution in [0.3, 0.4) is 0 Å². The minimum atomic E-state index is -0.608. The fraction of sp³-hybridized carbons (Fsp3) is 0.158. The molecule has 26 heavy (non-hydrogen) atoms. The van der Waals surface area contributed by atoms with Crippen LogP contribution in [0.2, 0.25) is 0 Å². The van der Waals surface area contributed by atoms with Gasteiger partial charge in [-0.05, 0) is 30.2 Å². The zero-order valence-electron chi connectivity index (χ0n) is 14.0. The molecule has 0 aliphatic carbocycles. The molecular weight excluding hydrogens is 350 g/mol. The van der Waals surface area contributed by atoms with Gasteiger partial charge < -0.3 is 9.15 Å². The minimum Gasteiger partial charge on any atom is -0.459 e. The van der Waals surface area contributed by atoms with E-state index in [1.165, 1.54) is 5.56 Å². The zero-order chi connectivity index (χ0) is 17.9. The summed E-state index contributed by atoms with van der Waals surface area (Å²) >= 11 is 1.57. The molecule has 0 unspecified atom stereocenters. The van der Waals surface area contributed by atoms with Crippen molar-refractivity contribution in [2.75, 3.05) is 6.61 Å². The SMILES string of the molecule is CCOC(=O)c1nnc(Cc2nc3ccc(-c4ccccc4)cc3s2)o1. The van der Waals surface area contributed by atoms with Crippen LogP contribution < -0.4 is 0 Å². The summed E-state index contributed by atoms with van der Waals surface area (Å²) in [6.07, 6.45) is 0.381. The van der Waals surface area contributed by atoms with Gasteiger partial charge in [-0.15, -0.1) is 21.5 Å². The first kappa shape index (κ1) is 16.4. The number of aromatic nitrogens is 3. The maximum absolute atomic E-state index is 11.6. The molecule has 7 heteroatoms. The third-order valence-corrected chi connectivity index (χ3v) is 4.78. The van der Waals surface area contributed by atoms with Crippen LogP contribution in [0.5, 0.6) is 0 Å². The van der Waals surface area contributed by atoms with E-state index in [0.717, 1.165) is 20.8 Å². The minimum absolute atomic E-state index is 0.130. The number of carbonyl (C=O) groups is 1. The van der Waals surface area contributed by atoms with E-state index in [1.54, 1.807) is 18.3 Å². The van der Waals surface area contributed by atoms with Crippen molar-refractivity contribution in [1.82, 2.24) is 15.2 Å². The summed E-state index contributed by atoms with van der Waals surface area (Å²) < 4.78 is 11.3. The smallest absolute Gasteiger partial charge is 0.396 e. The van der Waals surface area contributed by atoms with Crippen molar-refractivity contribution in [2.24, 2.45) is 0 Å². The maximum Gasteiger partial charge on any atom is 0.396 e. The largest absolute Gasteiger partial charge is 0.459 e. The predicted octanol–water partition coefficient (Wildman–Crippen LogP) is 4.11. The Kier molecular flexibility index (Phi) is 4.45. The molecular formula is C19H15N3O3S. The Morgan fingerprint density at radius 1 is 1.12 bits per heavy atom. The topological polar surface area (TPSA) is 78.1 Å². The van der Waals surface area contributed by atoms with Crippen LogP contribution in [-0.2, 0) is 11.2 Å². The van der Waals surface area contributed by atoms with Gasteiger partial charge in [0.15, 0.2) is 0 Å². The number of benzene rings is 2. The van der Waals surface area contributed by atoms with E-state index in [2.05, 4.69) is 39.4 Å². The van der Waals surface area contributed by atoms with Gasteiger partial charge in [0.2, 0.25) is 5.89 Å². The Labute approximate surface area is 153 Å². The van der Waals surface area contributed by atoms with E-state index in [-0.39, 0.29) is 12.5 Å². The molecule has 0 radical (unpaired) electrons. The van der Waals surface area contributed by atoms with Crippen LogP contribution in [0.4, 0.5) is 0 Å². The van der Waals surface area contributed by atoms with E-state index in [0.29, 0.717) is 12.3 Å². The van der Waals surface area contributed by atoms with Crippen LogP contribution >= 0.6 is 11.3 Å². The normalized spacial score (nSPS) is 11.0. The van der Waals surface area contributed by atoms with E-state index in [9.17, 15) is 4.79 Å². The molecule has 0 amide bonds. The van der Waals surface area contributed by atoms with Crippen molar-refractivity contribution in [3.05, 3.63) is 65.3 Å². The molecule has 0 aliphatic rings. The molecule has 6 nitrogen and oxygen atoms in total. The molecule has 0 atom stereocenters. The Morgan fingerprint density at radius 3 is 2.77 bits per heavy atom. The first-order chi connectivity index (χ1) is 12.7. The number of thiazole rings is 1. The van der Waals surface area contributed by atoms with Gasteiger partial charge >= 0.3 is 11.9 Å². The quantitative estimate of drug-likeness (QED) is 0.495. The molecule has 0 aliphatic heterocycles. The molecule has 4 rings (SSSR count). The number of carbonyl (C=O) groups excluding carboxylic acids is 1. The summed E-state index contributed by atoms with van der Waals surface area (Å²) in [5.74, 6) is -0.396. The highest BCUT2D eigenvalue weighted by molar-refractivity contribution is 7.18. The van der Waals surface area contributed by atoms with Gasteiger partial charge in [-0.3, -0.25) is 0 Å². The number of esters is 1. The Morgan fingerprint density at radius 2 is 1.96 bits per heavy atom. The van der Waals surface area contributed by atoms with Crippen molar-refractivity contribution < 1.29 is 13.9 Å². The lowest BCUT2D eigenvalue weighted by molar-refractivity contribution is 0.0479. The Bertz CT molecular complexity index is 1060. The standard InChI is InChI=1S/C19H15N3O3S/c1-2-24-19(23)18-22-21-16(25-18)11-17-20-14-9-8-13(10-15(14)26-17)12-6-4-3-5-7-12/h3-10H,2,11H2,1H3. The van der Waals surface area contributed by atoms with Crippen LogP contribution in [0.25, 0.3) is 21.3 Å². The fourth-order valence-corrected chi connectivity index (χ4v) is 3.59. The summed E-state index contributed by atoms with van der Waals surface area (Å²) in [5.41, 5.74) is 3.24. The molecule has 0 saturated heterocycles. The Balaban J connectivity index is 1.57. The van der Waals surface area contributed by atoms with Gasteiger partial charge in [-0.25, -0.2) is 9.78 Å². The van der Waals surface area contributed by atoms with Crippen LogP contribution in [0.15, 0.2) is 52.9 Å². The van der Waals surface area contributed by atoms with Crippen molar-refractivity contribution in [2.45, 2.75) is 13.3 Å². The third kappa shape index (κ3) is 3.34. The van der Waals surface area contributed by atoms with Crippen LogP contribution in [0, 0.1) is 0 Å². The number of nitrogens with zero attached hydrogens (tertiary/aromatic N) is 3. The summed E-state index contributed by atoms with van der Waals surface area (Å²) in [5, 5.41) is 8.47.